The topological polar surface area (TPSA) is 190 Å². The third-order valence-corrected chi connectivity index (χ3v) is 5.87. The molecule has 0 fully saturated rings. The Balaban J connectivity index is 0.000000162. The number of aromatic nitrogens is 13. The maximum absolute atomic E-state index is 13.9. The highest BCUT2D eigenvalue weighted by atomic mass is 35.5. The van der Waals surface area contributed by atoms with Crippen LogP contribution in [0.15, 0.2) is 79.5 Å². The fourth-order valence-electron chi connectivity index (χ4n) is 3.77. The summed E-state index contributed by atoms with van der Waals surface area (Å²) in [6.07, 6.45) is 8.10. The Morgan fingerprint density at radius 1 is 0.886 bits per heavy atom. The molecule has 5 aromatic heterocycles. The van der Waals surface area contributed by atoms with Crippen molar-refractivity contribution in [2.24, 2.45) is 0 Å². The first kappa shape index (κ1) is 27.8. The van der Waals surface area contributed by atoms with Gasteiger partial charge >= 0.3 is 0 Å². The normalized spacial score (nSPS) is 10.6. The molecule has 216 valence electrons. The van der Waals surface area contributed by atoms with E-state index in [9.17, 15) is 4.39 Å². The van der Waals surface area contributed by atoms with Gasteiger partial charge in [-0.1, -0.05) is 11.6 Å². The van der Waals surface area contributed by atoms with Crippen LogP contribution in [-0.2, 0) is 0 Å². The van der Waals surface area contributed by atoms with Gasteiger partial charge in [0.15, 0.2) is 11.6 Å². The highest BCUT2D eigenvalue weighted by Crippen LogP contribution is 2.24. The number of ether oxygens (including phenoxy) is 1. The van der Waals surface area contributed by atoms with Crippen molar-refractivity contribution in [1.82, 2.24) is 65.3 Å². The molecule has 2 N–H and O–H groups in total. The van der Waals surface area contributed by atoms with Crippen molar-refractivity contribution in [3.8, 4) is 52.2 Å². The van der Waals surface area contributed by atoms with Crippen LogP contribution in [0.4, 0.5) is 4.39 Å². The number of aryl methyl sites for hydroxylation is 1. The van der Waals surface area contributed by atoms with Crippen molar-refractivity contribution in [3.05, 3.63) is 102 Å². The summed E-state index contributed by atoms with van der Waals surface area (Å²) in [5.41, 5.74) is 2.25. The summed E-state index contributed by atoms with van der Waals surface area (Å²) in [5.74, 6) is 2.01. The van der Waals surface area contributed by atoms with Crippen LogP contribution in [0.1, 0.15) is 11.3 Å². The van der Waals surface area contributed by atoms with Gasteiger partial charge in [0.2, 0.25) is 11.6 Å². The second kappa shape index (κ2) is 12.3. The zero-order valence-electron chi connectivity index (χ0n) is 22.5. The number of rotatable bonds is 6. The first-order valence-corrected chi connectivity index (χ1v) is 13.0. The minimum atomic E-state index is -0.482. The predicted octanol–water partition coefficient (Wildman–Crippen LogP) is 4.26. The Labute approximate surface area is 252 Å². The molecule has 0 bridgehead atoms. The SMILES string of the molecule is Cc1cnc(-c2nnn(-c3cc(F)cc(Oc4cccnc4)c3)n2)[nH]1.N#Cc1cc(Cl)cc(-n2nnc(-c3ncc[nH]3)n2)c1. The number of nitrogens with zero attached hydrogens (tertiary/aromatic N) is 12. The summed E-state index contributed by atoms with van der Waals surface area (Å²) < 4.78 is 19.6. The molecule has 0 saturated heterocycles. The van der Waals surface area contributed by atoms with Gasteiger partial charge in [-0.05, 0) is 47.7 Å². The Morgan fingerprint density at radius 3 is 2.32 bits per heavy atom. The molecule has 0 radical (unpaired) electrons. The molecule has 2 aromatic carbocycles. The van der Waals surface area contributed by atoms with Crippen LogP contribution in [0.25, 0.3) is 34.7 Å². The average Bonchev–Trinajstić information content (AvgIpc) is 3.84. The Kier molecular flexibility index (Phi) is 7.75. The number of H-pyrrole nitrogens is 2. The molecule has 17 heteroatoms. The van der Waals surface area contributed by atoms with Crippen molar-refractivity contribution in [2.75, 3.05) is 0 Å². The zero-order valence-corrected chi connectivity index (χ0v) is 23.3. The zero-order chi connectivity index (χ0) is 30.5. The maximum Gasteiger partial charge on any atom is 0.240 e. The number of halogens is 2. The van der Waals surface area contributed by atoms with Gasteiger partial charge in [0.25, 0.3) is 0 Å². The number of hydrogen-bond acceptors (Lipinski definition) is 11. The molecule has 7 aromatic rings. The van der Waals surface area contributed by atoms with Gasteiger partial charge in [-0.2, -0.15) is 5.26 Å². The fraction of sp³-hybridized carbons (Fsp3) is 0.0370. The minimum Gasteiger partial charge on any atom is -0.456 e. The molecule has 0 aliphatic heterocycles. The van der Waals surface area contributed by atoms with Crippen LogP contribution in [0.5, 0.6) is 11.5 Å². The summed E-state index contributed by atoms with van der Waals surface area (Å²) >= 11 is 5.93. The highest BCUT2D eigenvalue weighted by molar-refractivity contribution is 6.30. The monoisotopic (exact) mass is 608 g/mol. The Bertz CT molecular complexity index is 2060. The van der Waals surface area contributed by atoms with Gasteiger partial charge in [-0.3, -0.25) is 4.98 Å². The lowest BCUT2D eigenvalue weighted by Crippen LogP contribution is -2.00. The van der Waals surface area contributed by atoms with Crippen LogP contribution in [-0.4, -0.2) is 65.3 Å². The van der Waals surface area contributed by atoms with Gasteiger partial charge in [-0.15, -0.1) is 30.0 Å². The van der Waals surface area contributed by atoms with Crippen molar-refractivity contribution in [1.29, 1.82) is 5.26 Å². The van der Waals surface area contributed by atoms with Crippen molar-refractivity contribution in [3.63, 3.8) is 0 Å². The number of benzene rings is 2. The number of pyridine rings is 1. The molecule has 15 nitrogen and oxygen atoms in total. The molecule has 0 aliphatic rings. The summed E-state index contributed by atoms with van der Waals surface area (Å²) in [6.45, 7) is 1.87. The van der Waals surface area contributed by atoms with E-state index in [2.05, 4.69) is 55.7 Å². The Morgan fingerprint density at radius 2 is 1.66 bits per heavy atom. The van der Waals surface area contributed by atoms with Crippen molar-refractivity contribution in [2.45, 2.75) is 6.92 Å². The minimum absolute atomic E-state index is 0.302. The first-order chi connectivity index (χ1) is 21.4. The predicted molar refractivity (Wildman–Crippen MR) is 152 cm³/mol. The van der Waals surface area contributed by atoms with Crippen LogP contribution in [0.2, 0.25) is 5.02 Å². The van der Waals surface area contributed by atoms with Gasteiger partial charge in [0.05, 0.1) is 29.2 Å². The summed E-state index contributed by atoms with van der Waals surface area (Å²) in [6, 6.07) is 14.5. The number of aromatic amines is 2. The number of hydrogen-bond donors (Lipinski definition) is 2. The molecule has 0 saturated carbocycles. The molecule has 7 rings (SSSR count). The molecule has 0 atom stereocenters. The van der Waals surface area contributed by atoms with Crippen LogP contribution >= 0.6 is 11.6 Å². The maximum atomic E-state index is 13.9. The number of imidazole rings is 2. The van der Waals surface area contributed by atoms with E-state index in [0.717, 1.165) is 5.69 Å². The smallest absolute Gasteiger partial charge is 0.240 e. The van der Waals surface area contributed by atoms with E-state index in [1.54, 1.807) is 61.2 Å². The third kappa shape index (κ3) is 6.42. The van der Waals surface area contributed by atoms with E-state index in [4.69, 9.17) is 21.6 Å². The van der Waals surface area contributed by atoms with E-state index >= 15 is 0 Å². The van der Waals surface area contributed by atoms with E-state index in [0.29, 0.717) is 56.8 Å². The largest absolute Gasteiger partial charge is 0.456 e. The average molecular weight is 609 g/mol. The van der Waals surface area contributed by atoms with Crippen LogP contribution in [0.3, 0.4) is 0 Å². The summed E-state index contributed by atoms with van der Waals surface area (Å²) in [4.78, 5) is 20.5. The summed E-state index contributed by atoms with van der Waals surface area (Å²) in [5, 5.41) is 33.4. The Hall–Kier alpha value is -6.34. The van der Waals surface area contributed by atoms with E-state index in [-0.39, 0.29) is 0 Å². The lowest BCUT2D eigenvalue weighted by molar-refractivity contribution is 0.473. The number of nitriles is 1. The molecule has 5 heterocycles. The lowest BCUT2D eigenvalue weighted by atomic mass is 10.2. The highest BCUT2D eigenvalue weighted by Gasteiger charge is 2.13. The number of tetrazole rings is 2. The molecule has 44 heavy (non-hydrogen) atoms. The van der Waals surface area contributed by atoms with E-state index in [1.807, 2.05) is 13.0 Å². The van der Waals surface area contributed by atoms with Gasteiger partial charge in [-0.25, -0.2) is 14.4 Å². The van der Waals surface area contributed by atoms with Crippen LogP contribution in [0, 0.1) is 24.1 Å². The quantitative estimate of drug-likeness (QED) is 0.274. The van der Waals surface area contributed by atoms with Gasteiger partial charge < -0.3 is 14.7 Å². The lowest BCUT2D eigenvalue weighted by Gasteiger charge is -2.07. The molecular weight excluding hydrogens is 591 g/mol. The van der Waals surface area contributed by atoms with Gasteiger partial charge in [0, 0.05) is 53.7 Å². The molecule has 0 aliphatic carbocycles. The fourth-order valence-corrected chi connectivity index (χ4v) is 4.00. The summed E-state index contributed by atoms with van der Waals surface area (Å²) in [7, 11) is 0. The molecule has 0 amide bonds. The molecular formula is C27H18ClFN14O. The van der Waals surface area contributed by atoms with E-state index in [1.165, 1.54) is 27.9 Å². The van der Waals surface area contributed by atoms with Gasteiger partial charge in [0.1, 0.15) is 17.3 Å². The second-order valence-corrected chi connectivity index (χ2v) is 9.34. The van der Waals surface area contributed by atoms with E-state index < -0.39 is 5.82 Å². The molecule has 0 spiro atoms. The molecule has 0 unspecified atom stereocenters. The standard InChI is InChI=1S/C16H12FN7O.C11H6ClN7/c1-10-8-19-15(20-10)16-21-23-24(22-16)12-5-11(17)6-14(7-12)25-13-3-2-4-18-9-13;12-8-3-7(6-13)4-9(5-8)19-17-11(16-18-19)10-14-1-2-15-10/h2-9H,1H3,(H,19,20);1-5H,(H,14,15). The van der Waals surface area contributed by atoms with Crippen LogP contribution < -0.4 is 4.74 Å². The first-order valence-electron chi connectivity index (χ1n) is 12.7. The third-order valence-electron chi connectivity index (χ3n) is 5.65. The second-order valence-electron chi connectivity index (χ2n) is 8.90. The van der Waals surface area contributed by atoms with Crippen molar-refractivity contribution >= 4 is 11.6 Å². The number of nitrogens with one attached hydrogen (secondary N) is 2. The van der Waals surface area contributed by atoms with Crippen molar-refractivity contribution < 1.29 is 9.13 Å².